The summed E-state index contributed by atoms with van der Waals surface area (Å²) in [5, 5.41) is 0. The van der Waals surface area contributed by atoms with E-state index in [1.165, 1.54) is 0 Å². The maximum Gasteiger partial charge on any atom is 0.330 e. The first-order chi connectivity index (χ1) is 6.66. The second kappa shape index (κ2) is 5.07. The molecule has 1 heterocycles. The van der Waals surface area contributed by atoms with Gasteiger partial charge in [-0.3, -0.25) is 4.79 Å². The van der Waals surface area contributed by atoms with E-state index in [0.29, 0.717) is 13.0 Å². The fraction of sp³-hybridized carbons (Fsp3) is 0.778. The van der Waals surface area contributed by atoms with Crippen LogP contribution in [0.3, 0.4) is 0 Å². The van der Waals surface area contributed by atoms with Crippen molar-refractivity contribution in [3.05, 3.63) is 0 Å². The molecule has 1 saturated heterocycles. The lowest BCUT2D eigenvalue weighted by Crippen LogP contribution is -2.45. The molecule has 0 amide bonds. The Bertz CT molecular complexity index is 223. The summed E-state index contributed by atoms with van der Waals surface area (Å²) in [5.74, 6) is -1.05. The zero-order valence-corrected chi connectivity index (χ0v) is 8.19. The highest BCUT2D eigenvalue weighted by molar-refractivity contribution is 6.05. The van der Waals surface area contributed by atoms with Gasteiger partial charge in [-0.15, -0.1) is 0 Å². The van der Waals surface area contributed by atoms with Crippen molar-refractivity contribution in [3.8, 4) is 0 Å². The summed E-state index contributed by atoms with van der Waals surface area (Å²) >= 11 is 0. The van der Waals surface area contributed by atoms with Crippen molar-refractivity contribution >= 4 is 11.8 Å². The molecule has 0 aromatic rings. The minimum Gasteiger partial charge on any atom is -0.464 e. The second-order valence-corrected chi connectivity index (χ2v) is 3.13. The predicted octanol–water partition coefficient (Wildman–Crippen LogP) is -0.375. The molecule has 1 fully saturated rings. The van der Waals surface area contributed by atoms with Crippen LogP contribution in [0.15, 0.2) is 0 Å². The molecule has 0 radical (unpaired) electrons. The smallest absolute Gasteiger partial charge is 0.330 e. The average Bonchev–Trinajstić information content (AvgIpc) is 2.68. The number of nitrogens with two attached hydrogens (primary N) is 1. The van der Waals surface area contributed by atoms with E-state index < -0.39 is 18.1 Å². The van der Waals surface area contributed by atoms with Crippen molar-refractivity contribution in [2.24, 2.45) is 5.73 Å². The molecule has 0 bridgehead atoms. The zero-order chi connectivity index (χ0) is 10.6. The van der Waals surface area contributed by atoms with E-state index >= 15 is 0 Å². The molecule has 1 aliphatic heterocycles. The molecular formula is C9H15NO4. The van der Waals surface area contributed by atoms with Crippen molar-refractivity contribution in [1.29, 1.82) is 0 Å². The topological polar surface area (TPSA) is 78.6 Å². The highest BCUT2D eigenvalue weighted by Crippen LogP contribution is 2.14. The van der Waals surface area contributed by atoms with Gasteiger partial charge in [0.25, 0.3) is 0 Å². The first-order valence-corrected chi connectivity index (χ1v) is 4.74. The normalized spacial score (nSPS) is 23.1. The van der Waals surface area contributed by atoms with Crippen molar-refractivity contribution in [1.82, 2.24) is 0 Å². The fourth-order valence-electron chi connectivity index (χ4n) is 1.35. The van der Waals surface area contributed by atoms with Crippen LogP contribution in [0.4, 0.5) is 0 Å². The molecule has 5 nitrogen and oxygen atoms in total. The van der Waals surface area contributed by atoms with E-state index in [0.717, 1.165) is 6.42 Å². The zero-order valence-electron chi connectivity index (χ0n) is 8.19. The molecule has 0 aromatic heterocycles. The second-order valence-electron chi connectivity index (χ2n) is 3.13. The fourth-order valence-corrected chi connectivity index (χ4v) is 1.35. The Morgan fingerprint density at radius 3 is 2.86 bits per heavy atom. The summed E-state index contributed by atoms with van der Waals surface area (Å²) in [7, 11) is 0. The molecular weight excluding hydrogens is 186 g/mol. The van der Waals surface area contributed by atoms with Crippen LogP contribution in [-0.4, -0.2) is 37.1 Å². The Morgan fingerprint density at radius 2 is 2.36 bits per heavy atom. The summed E-state index contributed by atoms with van der Waals surface area (Å²) in [6, 6.07) is -1.20. The Balaban J connectivity index is 2.46. The summed E-state index contributed by atoms with van der Waals surface area (Å²) in [6.45, 7) is 2.46. The highest BCUT2D eigenvalue weighted by atomic mass is 16.5. The molecule has 1 rings (SSSR count). The van der Waals surface area contributed by atoms with Crippen LogP contribution < -0.4 is 5.73 Å². The number of carbonyl (C=O) groups is 2. The Labute approximate surface area is 82.5 Å². The third-order valence-corrected chi connectivity index (χ3v) is 2.09. The predicted molar refractivity (Wildman–Crippen MR) is 48.6 cm³/mol. The van der Waals surface area contributed by atoms with Gasteiger partial charge < -0.3 is 15.2 Å². The number of esters is 1. The molecule has 0 aliphatic carbocycles. The van der Waals surface area contributed by atoms with Gasteiger partial charge in [0.1, 0.15) is 6.10 Å². The first-order valence-electron chi connectivity index (χ1n) is 4.74. The van der Waals surface area contributed by atoms with E-state index in [4.69, 9.17) is 10.5 Å². The standard InChI is InChI=1S/C9H15NO4/c1-2-13-9(12)7(10)8(11)6-4-3-5-14-6/h6-7H,2-5,10H2,1H3. The van der Waals surface area contributed by atoms with Crippen molar-refractivity contribution in [2.45, 2.75) is 31.9 Å². The quantitative estimate of drug-likeness (QED) is 0.495. The molecule has 2 atom stereocenters. The van der Waals surface area contributed by atoms with Gasteiger partial charge in [-0.2, -0.15) is 0 Å². The van der Waals surface area contributed by atoms with Gasteiger partial charge in [-0.05, 0) is 19.8 Å². The van der Waals surface area contributed by atoms with Crippen LogP contribution in [0, 0.1) is 0 Å². The van der Waals surface area contributed by atoms with Gasteiger partial charge in [0.05, 0.1) is 6.61 Å². The van der Waals surface area contributed by atoms with Crippen LogP contribution in [0.5, 0.6) is 0 Å². The van der Waals surface area contributed by atoms with Crippen molar-refractivity contribution in [3.63, 3.8) is 0 Å². The van der Waals surface area contributed by atoms with Crippen molar-refractivity contribution in [2.75, 3.05) is 13.2 Å². The third-order valence-electron chi connectivity index (χ3n) is 2.09. The van der Waals surface area contributed by atoms with Gasteiger partial charge in [0.2, 0.25) is 0 Å². The largest absolute Gasteiger partial charge is 0.464 e. The lowest BCUT2D eigenvalue weighted by molar-refractivity contribution is -0.149. The monoisotopic (exact) mass is 201 g/mol. The summed E-state index contributed by atoms with van der Waals surface area (Å²) in [6.07, 6.45) is 0.965. The number of ketones is 1. The summed E-state index contributed by atoms with van der Waals surface area (Å²) in [5.41, 5.74) is 5.42. The summed E-state index contributed by atoms with van der Waals surface area (Å²) < 4.78 is 9.77. The van der Waals surface area contributed by atoms with E-state index in [9.17, 15) is 9.59 Å². The molecule has 1 aliphatic rings. The third kappa shape index (κ3) is 2.52. The first kappa shape index (κ1) is 11.1. The Hall–Kier alpha value is -0.940. The molecule has 0 aromatic carbocycles. The molecule has 0 saturated carbocycles. The average molecular weight is 201 g/mol. The number of carbonyl (C=O) groups excluding carboxylic acids is 2. The number of hydrogen-bond acceptors (Lipinski definition) is 5. The van der Waals surface area contributed by atoms with Gasteiger partial charge in [-0.1, -0.05) is 0 Å². The number of ether oxygens (including phenoxy) is 2. The van der Waals surface area contributed by atoms with E-state index in [1.54, 1.807) is 6.92 Å². The molecule has 2 unspecified atom stereocenters. The minimum atomic E-state index is -1.20. The number of hydrogen-bond donors (Lipinski definition) is 1. The van der Waals surface area contributed by atoms with Crippen LogP contribution >= 0.6 is 0 Å². The molecule has 14 heavy (non-hydrogen) atoms. The summed E-state index contributed by atoms with van der Waals surface area (Å²) in [4.78, 5) is 22.6. The molecule has 80 valence electrons. The van der Waals surface area contributed by atoms with Gasteiger partial charge in [-0.25, -0.2) is 4.79 Å². The number of Topliss-reactive ketones (excluding diaryl/α,β-unsaturated/α-hetero) is 1. The molecule has 0 spiro atoms. The highest BCUT2D eigenvalue weighted by Gasteiger charge is 2.32. The molecule has 2 N–H and O–H groups in total. The Kier molecular flexibility index (Phi) is 4.03. The van der Waals surface area contributed by atoms with Gasteiger partial charge in [0, 0.05) is 6.61 Å². The van der Waals surface area contributed by atoms with Crippen LogP contribution in [0.2, 0.25) is 0 Å². The molecule has 5 heteroatoms. The van der Waals surface area contributed by atoms with Crippen LogP contribution in [0.1, 0.15) is 19.8 Å². The van der Waals surface area contributed by atoms with Crippen LogP contribution in [-0.2, 0) is 19.1 Å². The number of rotatable bonds is 4. The van der Waals surface area contributed by atoms with Gasteiger partial charge >= 0.3 is 5.97 Å². The van der Waals surface area contributed by atoms with Crippen LogP contribution in [0.25, 0.3) is 0 Å². The maximum atomic E-state index is 11.5. The van der Waals surface area contributed by atoms with Gasteiger partial charge in [0.15, 0.2) is 11.8 Å². The van der Waals surface area contributed by atoms with E-state index in [-0.39, 0.29) is 12.4 Å². The minimum absolute atomic E-state index is 0.228. The lowest BCUT2D eigenvalue weighted by atomic mass is 10.1. The Morgan fingerprint density at radius 1 is 1.64 bits per heavy atom. The van der Waals surface area contributed by atoms with E-state index in [2.05, 4.69) is 4.74 Å². The SMILES string of the molecule is CCOC(=O)C(N)C(=O)C1CCCO1. The van der Waals surface area contributed by atoms with E-state index in [1.807, 2.05) is 0 Å². The lowest BCUT2D eigenvalue weighted by Gasteiger charge is -2.13. The maximum absolute atomic E-state index is 11.5. The van der Waals surface area contributed by atoms with Crippen molar-refractivity contribution < 1.29 is 19.1 Å².